The van der Waals surface area contributed by atoms with Crippen molar-refractivity contribution in [2.24, 2.45) is 7.05 Å². The summed E-state index contributed by atoms with van der Waals surface area (Å²) in [6.07, 6.45) is 3.73. The molecule has 0 amide bonds. The highest BCUT2D eigenvalue weighted by Gasteiger charge is 2.13. The molecule has 0 saturated heterocycles. The number of hydrogen-bond donors (Lipinski definition) is 1. The van der Waals surface area contributed by atoms with Crippen molar-refractivity contribution in [3.8, 4) is 11.5 Å². The third-order valence-corrected chi connectivity index (χ3v) is 3.98. The Hall–Kier alpha value is -1.18. The highest BCUT2D eigenvalue weighted by molar-refractivity contribution is 14.1. The second-order valence-electron chi connectivity index (χ2n) is 4.28. The third-order valence-electron chi connectivity index (χ3n) is 2.85. The number of nitrogens with zero attached hydrogens (tertiary/aromatic N) is 4. The maximum absolute atomic E-state index is 4.64. The van der Waals surface area contributed by atoms with Crippen LogP contribution in [0.4, 0.5) is 5.82 Å². The van der Waals surface area contributed by atoms with Crippen LogP contribution in [0, 0.1) is 3.57 Å². The molecule has 0 aliphatic heterocycles. The normalized spacial score (nSPS) is 10.7. The first-order valence-electron chi connectivity index (χ1n) is 6.46. The maximum Gasteiger partial charge on any atom is 0.180 e. The largest absolute Gasteiger partial charge is 0.369 e. The Labute approximate surface area is 127 Å². The van der Waals surface area contributed by atoms with E-state index in [0.717, 1.165) is 46.0 Å². The lowest BCUT2D eigenvalue weighted by atomic mass is 10.3. The van der Waals surface area contributed by atoms with Crippen LogP contribution in [0.15, 0.2) is 12.3 Å². The molecule has 0 saturated carbocycles. The molecule has 2 heterocycles. The standard InChI is InChI=1S/C13H18IN5/c1-4-7-15-13-11(14)9(5-2)17-12(18-13)10-6-8-16-19(10)3/h6,8H,4-5,7H2,1-3H3,(H,15,17,18). The van der Waals surface area contributed by atoms with Crippen LogP contribution in [0.1, 0.15) is 26.0 Å². The van der Waals surface area contributed by atoms with Gasteiger partial charge >= 0.3 is 0 Å². The molecule has 6 heteroatoms. The molecular weight excluding hydrogens is 353 g/mol. The summed E-state index contributed by atoms with van der Waals surface area (Å²) in [7, 11) is 1.90. The van der Waals surface area contributed by atoms with Crippen LogP contribution in [0.3, 0.4) is 0 Å². The molecular formula is C13H18IN5. The van der Waals surface area contributed by atoms with Gasteiger partial charge in [-0.3, -0.25) is 4.68 Å². The van der Waals surface area contributed by atoms with Gasteiger partial charge in [0.25, 0.3) is 0 Å². The Morgan fingerprint density at radius 3 is 2.68 bits per heavy atom. The molecule has 0 spiro atoms. The number of rotatable bonds is 5. The van der Waals surface area contributed by atoms with Gasteiger partial charge in [0.15, 0.2) is 5.82 Å². The van der Waals surface area contributed by atoms with Gasteiger partial charge in [0.1, 0.15) is 11.5 Å². The van der Waals surface area contributed by atoms with Gasteiger partial charge in [0, 0.05) is 19.8 Å². The topological polar surface area (TPSA) is 55.6 Å². The summed E-state index contributed by atoms with van der Waals surface area (Å²) in [6.45, 7) is 5.17. The molecule has 2 aromatic heterocycles. The summed E-state index contributed by atoms with van der Waals surface area (Å²) in [5.41, 5.74) is 2.01. The van der Waals surface area contributed by atoms with E-state index in [-0.39, 0.29) is 0 Å². The monoisotopic (exact) mass is 371 g/mol. The SMILES string of the molecule is CCCNc1nc(-c2ccnn2C)nc(CC)c1I. The van der Waals surface area contributed by atoms with Crippen molar-refractivity contribution in [1.29, 1.82) is 0 Å². The first-order chi connectivity index (χ1) is 9.17. The molecule has 2 aromatic rings. The minimum absolute atomic E-state index is 0.732. The average Bonchev–Trinajstić information content (AvgIpc) is 2.84. The Morgan fingerprint density at radius 1 is 1.32 bits per heavy atom. The van der Waals surface area contributed by atoms with Crippen molar-refractivity contribution in [2.45, 2.75) is 26.7 Å². The number of anilines is 1. The van der Waals surface area contributed by atoms with E-state index in [1.165, 1.54) is 0 Å². The quantitative estimate of drug-likeness (QED) is 0.822. The van der Waals surface area contributed by atoms with Crippen molar-refractivity contribution >= 4 is 28.4 Å². The van der Waals surface area contributed by atoms with E-state index in [4.69, 9.17) is 0 Å². The van der Waals surface area contributed by atoms with Crippen molar-refractivity contribution in [3.05, 3.63) is 21.5 Å². The molecule has 2 rings (SSSR count). The smallest absolute Gasteiger partial charge is 0.180 e. The van der Waals surface area contributed by atoms with Crippen LogP contribution in [0.2, 0.25) is 0 Å². The van der Waals surface area contributed by atoms with Gasteiger partial charge in [-0.25, -0.2) is 9.97 Å². The van der Waals surface area contributed by atoms with Gasteiger partial charge in [0.2, 0.25) is 0 Å². The fourth-order valence-corrected chi connectivity index (χ4v) is 2.61. The van der Waals surface area contributed by atoms with Gasteiger partial charge < -0.3 is 5.32 Å². The lowest BCUT2D eigenvalue weighted by Crippen LogP contribution is -2.09. The van der Waals surface area contributed by atoms with E-state index in [1.54, 1.807) is 10.9 Å². The molecule has 0 bridgehead atoms. The van der Waals surface area contributed by atoms with Gasteiger partial charge in [0.05, 0.1) is 9.26 Å². The summed E-state index contributed by atoms with van der Waals surface area (Å²) in [5, 5.41) is 7.55. The van der Waals surface area contributed by atoms with E-state index in [9.17, 15) is 0 Å². The van der Waals surface area contributed by atoms with Crippen molar-refractivity contribution in [2.75, 3.05) is 11.9 Å². The van der Waals surface area contributed by atoms with E-state index in [0.29, 0.717) is 0 Å². The van der Waals surface area contributed by atoms with Crippen molar-refractivity contribution in [3.63, 3.8) is 0 Å². The van der Waals surface area contributed by atoms with Crippen LogP contribution in [-0.4, -0.2) is 26.3 Å². The second-order valence-corrected chi connectivity index (χ2v) is 5.36. The number of halogens is 1. The van der Waals surface area contributed by atoms with Crippen molar-refractivity contribution < 1.29 is 0 Å². The summed E-state index contributed by atoms with van der Waals surface area (Å²) in [5.74, 6) is 1.65. The highest BCUT2D eigenvalue weighted by atomic mass is 127. The van der Waals surface area contributed by atoms with Crippen molar-refractivity contribution in [1.82, 2.24) is 19.7 Å². The molecule has 102 valence electrons. The Kier molecular flexibility index (Phi) is 4.73. The first-order valence-corrected chi connectivity index (χ1v) is 7.53. The van der Waals surface area contributed by atoms with E-state index in [1.807, 2.05) is 13.1 Å². The average molecular weight is 371 g/mol. The molecule has 5 nitrogen and oxygen atoms in total. The van der Waals surface area contributed by atoms with E-state index >= 15 is 0 Å². The van der Waals surface area contributed by atoms with Gasteiger partial charge in [-0.05, 0) is 41.5 Å². The van der Waals surface area contributed by atoms with E-state index < -0.39 is 0 Å². The number of nitrogens with one attached hydrogen (secondary N) is 1. The lowest BCUT2D eigenvalue weighted by Gasteiger charge is -2.12. The van der Waals surface area contributed by atoms with Crippen LogP contribution in [0.5, 0.6) is 0 Å². The minimum Gasteiger partial charge on any atom is -0.369 e. The van der Waals surface area contributed by atoms with Crippen LogP contribution >= 0.6 is 22.6 Å². The number of hydrogen-bond acceptors (Lipinski definition) is 4. The van der Waals surface area contributed by atoms with Crippen LogP contribution < -0.4 is 5.32 Å². The zero-order valence-corrected chi connectivity index (χ0v) is 13.6. The Balaban J connectivity index is 2.47. The molecule has 0 fully saturated rings. The van der Waals surface area contributed by atoms with Gasteiger partial charge in [-0.1, -0.05) is 13.8 Å². The Bertz CT molecular complexity index is 564. The molecule has 0 aliphatic carbocycles. The Morgan fingerprint density at radius 2 is 2.11 bits per heavy atom. The third kappa shape index (κ3) is 3.05. The van der Waals surface area contributed by atoms with E-state index in [2.05, 4.69) is 56.8 Å². The molecule has 0 aliphatic rings. The summed E-state index contributed by atoms with van der Waals surface area (Å²) in [4.78, 5) is 9.27. The molecule has 0 atom stereocenters. The first kappa shape index (κ1) is 14.2. The van der Waals surface area contributed by atoms with Gasteiger partial charge in [-0.2, -0.15) is 5.10 Å². The van der Waals surface area contributed by atoms with Gasteiger partial charge in [-0.15, -0.1) is 0 Å². The molecule has 0 unspecified atom stereocenters. The lowest BCUT2D eigenvalue weighted by molar-refractivity contribution is 0.768. The fraction of sp³-hybridized carbons (Fsp3) is 0.462. The fourth-order valence-electron chi connectivity index (χ4n) is 1.80. The second kappa shape index (κ2) is 6.31. The van der Waals surface area contributed by atoms with Crippen LogP contribution in [0.25, 0.3) is 11.5 Å². The molecule has 1 N–H and O–H groups in total. The van der Waals surface area contributed by atoms with Crippen LogP contribution in [-0.2, 0) is 13.5 Å². The molecule has 19 heavy (non-hydrogen) atoms. The number of aryl methyl sites for hydroxylation is 2. The highest BCUT2D eigenvalue weighted by Crippen LogP contribution is 2.24. The predicted molar refractivity (Wildman–Crippen MR) is 85.1 cm³/mol. The summed E-state index contributed by atoms with van der Waals surface area (Å²) >= 11 is 2.31. The molecule has 0 aromatic carbocycles. The maximum atomic E-state index is 4.64. The molecule has 0 radical (unpaired) electrons. The number of aromatic nitrogens is 4. The minimum atomic E-state index is 0.732. The predicted octanol–water partition coefficient (Wildman–Crippen LogP) is 2.87. The summed E-state index contributed by atoms with van der Waals surface area (Å²) < 4.78 is 2.91. The summed E-state index contributed by atoms with van der Waals surface area (Å²) in [6, 6.07) is 1.94. The zero-order chi connectivity index (χ0) is 13.8. The zero-order valence-electron chi connectivity index (χ0n) is 11.4.